The summed E-state index contributed by atoms with van der Waals surface area (Å²) in [6.45, 7) is 1.88. The van der Waals surface area contributed by atoms with E-state index in [0.717, 1.165) is 21.6 Å². The summed E-state index contributed by atoms with van der Waals surface area (Å²) in [5, 5.41) is 8.17. The van der Waals surface area contributed by atoms with Crippen molar-refractivity contribution in [2.75, 3.05) is 5.73 Å². The van der Waals surface area contributed by atoms with Gasteiger partial charge in [-0.3, -0.25) is 5.10 Å². The van der Waals surface area contributed by atoms with Crippen LogP contribution >= 0.6 is 23.1 Å². The van der Waals surface area contributed by atoms with E-state index >= 15 is 0 Å². The number of thioether (sulfide) groups is 1. The van der Waals surface area contributed by atoms with Crippen molar-refractivity contribution in [3.8, 4) is 0 Å². The first-order valence-corrected chi connectivity index (χ1v) is 5.76. The number of thiazole rings is 1. The van der Waals surface area contributed by atoms with Gasteiger partial charge in [0.1, 0.15) is 5.82 Å². The lowest BCUT2D eigenvalue weighted by atomic mass is 10.6. The highest BCUT2D eigenvalue weighted by atomic mass is 32.2. The number of aromatic amines is 1. The van der Waals surface area contributed by atoms with Gasteiger partial charge in [0.25, 0.3) is 0 Å². The van der Waals surface area contributed by atoms with Crippen LogP contribution in [0.25, 0.3) is 0 Å². The average Bonchev–Trinajstić information content (AvgIpc) is 2.72. The van der Waals surface area contributed by atoms with Gasteiger partial charge < -0.3 is 5.73 Å². The zero-order valence-electron chi connectivity index (χ0n) is 7.52. The molecular weight excluding hydrogens is 218 g/mol. The van der Waals surface area contributed by atoms with Gasteiger partial charge in [-0.15, -0.1) is 16.4 Å². The van der Waals surface area contributed by atoms with E-state index in [4.69, 9.17) is 5.73 Å². The minimum absolute atomic E-state index is 0.603. The minimum atomic E-state index is 0.603. The molecule has 7 heteroatoms. The summed E-state index contributed by atoms with van der Waals surface area (Å²) in [6.07, 6.45) is 1.78. The van der Waals surface area contributed by atoms with E-state index in [-0.39, 0.29) is 0 Å². The standard InChI is InChI=1S/C7H9N5S2/c1-4-10-7(12-11-4)13-3-5-2-9-6(8)14-5/h2H,3H2,1H3,(H2,8,9)(H,10,11,12). The topological polar surface area (TPSA) is 80.5 Å². The van der Waals surface area contributed by atoms with E-state index in [1.165, 1.54) is 11.3 Å². The number of hydrogen-bond donors (Lipinski definition) is 2. The number of hydrogen-bond acceptors (Lipinski definition) is 6. The Morgan fingerprint density at radius 2 is 2.50 bits per heavy atom. The summed E-state index contributed by atoms with van der Waals surface area (Å²) in [4.78, 5) is 9.28. The predicted octanol–water partition coefficient (Wildman–Crippen LogP) is 1.44. The van der Waals surface area contributed by atoms with Gasteiger partial charge in [0, 0.05) is 16.8 Å². The highest BCUT2D eigenvalue weighted by Crippen LogP contribution is 2.23. The molecule has 0 atom stereocenters. The van der Waals surface area contributed by atoms with Gasteiger partial charge >= 0.3 is 0 Å². The number of aryl methyl sites for hydroxylation is 1. The Balaban J connectivity index is 1.94. The number of H-pyrrole nitrogens is 1. The van der Waals surface area contributed by atoms with Crippen LogP contribution in [-0.4, -0.2) is 20.2 Å². The van der Waals surface area contributed by atoms with Crippen molar-refractivity contribution in [3.05, 3.63) is 16.9 Å². The number of aromatic nitrogens is 4. The fraction of sp³-hybridized carbons (Fsp3) is 0.286. The molecule has 0 amide bonds. The third kappa shape index (κ3) is 2.24. The van der Waals surface area contributed by atoms with Crippen LogP contribution in [0.3, 0.4) is 0 Å². The van der Waals surface area contributed by atoms with Crippen molar-refractivity contribution in [1.82, 2.24) is 20.2 Å². The largest absolute Gasteiger partial charge is 0.375 e. The minimum Gasteiger partial charge on any atom is -0.375 e. The Labute approximate surface area is 89.2 Å². The van der Waals surface area contributed by atoms with Gasteiger partial charge in [-0.05, 0) is 6.92 Å². The Hall–Kier alpha value is -1.08. The van der Waals surface area contributed by atoms with Gasteiger partial charge in [-0.1, -0.05) is 11.8 Å². The van der Waals surface area contributed by atoms with E-state index in [9.17, 15) is 0 Å². The second-order valence-electron chi connectivity index (χ2n) is 2.66. The zero-order valence-corrected chi connectivity index (χ0v) is 9.15. The van der Waals surface area contributed by atoms with Crippen LogP contribution in [-0.2, 0) is 5.75 Å². The molecule has 3 N–H and O–H groups in total. The average molecular weight is 227 g/mol. The van der Waals surface area contributed by atoms with Gasteiger partial charge in [0.2, 0.25) is 5.16 Å². The Bertz CT molecular complexity index is 381. The molecule has 0 radical (unpaired) electrons. The Morgan fingerprint density at radius 3 is 3.07 bits per heavy atom. The first-order valence-electron chi connectivity index (χ1n) is 3.96. The number of nitrogens with one attached hydrogen (secondary N) is 1. The third-order valence-corrected chi connectivity index (χ3v) is 3.40. The molecule has 0 aromatic carbocycles. The molecule has 14 heavy (non-hydrogen) atoms. The molecule has 2 rings (SSSR count). The monoisotopic (exact) mass is 227 g/mol. The third-order valence-electron chi connectivity index (χ3n) is 1.49. The molecule has 0 aliphatic carbocycles. The highest BCUT2D eigenvalue weighted by Gasteiger charge is 2.03. The first-order chi connectivity index (χ1) is 6.74. The lowest BCUT2D eigenvalue weighted by Crippen LogP contribution is -1.77. The molecule has 0 saturated carbocycles. The van der Waals surface area contributed by atoms with Gasteiger partial charge in [0.15, 0.2) is 5.13 Å². The van der Waals surface area contributed by atoms with Gasteiger partial charge in [-0.2, -0.15) is 0 Å². The molecule has 0 aliphatic rings. The van der Waals surface area contributed by atoms with Crippen LogP contribution in [0.15, 0.2) is 11.4 Å². The molecular formula is C7H9N5S2. The highest BCUT2D eigenvalue weighted by molar-refractivity contribution is 7.98. The van der Waals surface area contributed by atoms with E-state index in [0.29, 0.717) is 5.13 Å². The van der Waals surface area contributed by atoms with E-state index in [1.807, 2.05) is 6.92 Å². The molecule has 0 bridgehead atoms. The molecule has 74 valence electrons. The van der Waals surface area contributed by atoms with Crippen molar-refractivity contribution in [2.24, 2.45) is 0 Å². The van der Waals surface area contributed by atoms with E-state index in [2.05, 4.69) is 20.2 Å². The second-order valence-corrected chi connectivity index (χ2v) is 4.75. The number of rotatable bonds is 3. The maximum Gasteiger partial charge on any atom is 0.208 e. The van der Waals surface area contributed by atoms with Crippen molar-refractivity contribution in [1.29, 1.82) is 0 Å². The van der Waals surface area contributed by atoms with Crippen molar-refractivity contribution < 1.29 is 0 Å². The van der Waals surface area contributed by atoms with E-state index < -0.39 is 0 Å². The van der Waals surface area contributed by atoms with Crippen molar-refractivity contribution >= 4 is 28.2 Å². The molecule has 5 nitrogen and oxygen atoms in total. The molecule has 0 saturated heterocycles. The van der Waals surface area contributed by atoms with Crippen LogP contribution in [0.4, 0.5) is 5.13 Å². The maximum absolute atomic E-state index is 5.51. The van der Waals surface area contributed by atoms with Gasteiger partial charge in [0.05, 0.1) is 0 Å². The lowest BCUT2D eigenvalue weighted by molar-refractivity contribution is 0.969. The van der Waals surface area contributed by atoms with Crippen LogP contribution in [0, 0.1) is 6.92 Å². The Morgan fingerprint density at radius 1 is 1.64 bits per heavy atom. The van der Waals surface area contributed by atoms with Crippen LogP contribution < -0.4 is 5.73 Å². The second kappa shape index (κ2) is 3.97. The molecule has 0 fully saturated rings. The molecule has 2 aromatic heterocycles. The molecule has 0 aliphatic heterocycles. The van der Waals surface area contributed by atoms with Crippen molar-refractivity contribution in [2.45, 2.75) is 17.8 Å². The summed E-state index contributed by atoms with van der Waals surface area (Å²) in [7, 11) is 0. The molecule has 2 heterocycles. The summed E-state index contributed by atoms with van der Waals surface area (Å²) >= 11 is 3.06. The zero-order chi connectivity index (χ0) is 9.97. The lowest BCUT2D eigenvalue weighted by Gasteiger charge is -1.90. The van der Waals surface area contributed by atoms with Crippen molar-refractivity contribution in [3.63, 3.8) is 0 Å². The first kappa shape index (κ1) is 9.47. The number of anilines is 1. The van der Waals surface area contributed by atoms with E-state index in [1.54, 1.807) is 18.0 Å². The summed E-state index contributed by atoms with van der Waals surface area (Å²) in [6, 6.07) is 0. The fourth-order valence-electron chi connectivity index (χ4n) is 0.912. The SMILES string of the molecule is Cc1nc(SCc2cnc(N)s2)n[nH]1. The van der Waals surface area contributed by atoms with Crippen LogP contribution in [0.2, 0.25) is 0 Å². The number of nitrogens with zero attached hydrogens (tertiary/aromatic N) is 3. The van der Waals surface area contributed by atoms with Crippen LogP contribution in [0.1, 0.15) is 10.7 Å². The quantitative estimate of drug-likeness (QED) is 0.776. The molecule has 0 spiro atoms. The molecule has 2 aromatic rings. The summed E-state index contributed by atoms with van der Waals surface area (Å²) in [5.74, 6) is 1.64. The predicted molar refractivity (Wildman–Crippen MR) is 57.2 cm³/mol. The smallest absolute Gasteiger partial charge is 0.208 e. The summed E-state index contributed by atoms with van der Waals surface area (Å²) < 4.78 is 0. The van der Waals surface area contributed by atoms with Gasteiger partial charge in [-0.25, -0.2) is 9.97 Å². The maximum atomic E-state index is 5.51. The normalized spacial score (nSPS) is 10.6. The van der Waals surface area contributed by atoms with Crippen LogP contribution in [0.5, 0.6) is 0 Å². The molecule has 0 unspecified atom stereocenters. The number of nitrogen functional groups attached to an aromatic ring is 1. The Kier molecular flexibility index (Phi) is 2.69. The fourth-order valence-corrected chi connectivity index (χ4v) is 2.46. The number of nitrogens with two attached hydrogens (primary N) is 1. The summed E-state index contributed by atoms with van der Waals surface area (Å²) in [5.41, 5.74) is 5.51.